The maximum Gasteiger partial charge on any atom is 0.318 e. The number of benzene rings is 1. The van der Waals surface area contributed by atoms with Gasteiger partial charge in [0, 0.05) is 56.7 Å². The first-order valence-corrected chi connectivity index (χ1v) is 16.9. The second kappa shape index (κ2) is 16.4. The minimum atomic E-state index is -0.451. The Morgan fingerprint density at radius 1 is 0.881 bits per heavy atom. The lowest BCUT2D eigenvalue weighted by atomic mass is 9.92. The summed E-state index contributed by atoms with van der Waals surface area (Å²) in [7, 11) is 0. The predicted octanol–water partition coefficient (Wildman–Crippen LogP) is 7.38. The SMILES string of the molecule is CC(C)CCN(c1ccc(NCCC(C)(C)C)cc1)C1CCN(C(=O)C(CC(C)C)NC(=O)N2CCCCCC2)CC1. The standard InChI is InChI=1S/C35H61N5O2/c1-27(2)16-25-40(30-14-12-29(13-15-30)36-20-19-35(5,6)7)31-17-23-38(24-18-31)33(41)32(26-28(3)4)37-34(42)39-21-10-8-9-11-22-39/h12-15,27-28,31-32,36H,8-11,16-26H2,1-7H3,(H,37,42). The molecule has 3 amide bonds. The van der Waals surface area contributed by atoms with Crippen LogP contribution in [0, 0.1) is 17.3 Å². The topological polar surface area (TPSA) is 67.9 Å². The third kappa shape index (κ3) is 11.3. The summed E-state index contributed by atoms with van der Waals surface area (Å²) in [5.41, 5.74) is 2.76. The summed E-state index contributed by atoms with van der Waals surface area (Å²) in [5.74, 6) is 1.06. The van der Waals surface area contributed by atoms with Crippen molar-refractivity contribution in [1.29, 1.82) is 0 Å². The number of hydrogen-bond donors (Lipinski definition) is 2. The highest BCUT2D eigenvalue weighted by Crippen LogP contribution is 2.27. The first kappa shape index (κ1) is 34.1. The molecule has 0 saturated carbocycles. The van der Waals surface area contributed by atoms with E-state index >= 15 is 0 Å². The minimum absolute atomic E-state index is 0.0676. The minimum Gasteiger partial charge on any atom is -0.385 e. The fourth-order valence-electron chi connectivity index (χ4n) is 6.10. The molecule has 1 aromatic rings. The number of amides is 3. The van der Waals surface area contributed by atoms with Gasteiger partial charge in [0.15, 0.2) is 0 Å². The van der Waals surface area contributed by atoms with Crippen LogP contribution in [0.5, 0.6) is 0 Å². The number of nitrogens with zero attached hydrogens (tertiary/aromatic N) is 3. The Kier molecular flexibility index (Phi) is 13.3. The third-order valence-corrected chi connectivity index (χ3v) is 8.76. The van der Waals surface area contributed by atoms with Gasteiger partial charge in [0.25, 0.3) is 0 Å². The molecule has 42 heavy (non-hydrogen) atoms. The molecule has 1 aromatic carbocycles. The molecule has 3 rings (SSSR count). The van der Waals surface area contributed by atoms with E-state index < -0.39 is 6.04 Å². The number of hydrogen-bond acceptors (Lipinski definition) is 4. The average Bonchev–Trinajstić information content (AvgIpc) is 3.22. The quantitative estimate of drug-likeness (QED) is 0.269. The highest BCUT2D eigenvalue weighted by atomic mass is 16.2. The Bertz CT molecular complexity index is 939. The largest absolute Gasteiger partial charge is 0.385 e. The van der Waals surface area contributed by atoms with Crippen molar-refractivity contribution in [2.75, 3.05) is 49.5 Å². The first-order valence-electron chi connectivity index (χ1n) is 16.9. The zero-order chi connectivity index (χ0) is 30.7. The Hall–Kier alpha value is -2.44. The number of nitrogens with one attached hydrogen (secondary N) is 2. The molecule has 0 radical (unpaired) electrons. The Morgan fingerprint density at radius 3 is 2.05 bits per heavy atom. The van der Waals surface area contributed by atoms with Crippen LogP contribution in [0.25, 0.3) is 0 Å². The highest BCUT2D eigenvalue weighted by molar-refractivity contribution is 5.87. The predicted molar refractivity (Wildman–Crippen MR) is 177 cm³/mol. The summed E-state index contributed by atoms with van der Waals surface area (Å²) >= 11 is 0. The zero-order valence-corrected chi connectivity index (χ0v) is 27.9. The van der Waals surface area contributed by atoms with Gasteiger partial charge < -0.3 is 25.3 Å². The maximum absolute atomic E-state index is 13.7. The molecule has 0 bridgehead atoms. The van der Waals surface area contributed by atoms with Gasteiger partial charge >= 0.3 is 6.03 Å². The van der Waals surface area contributed by atoms with E-state index in [2.05, 4.69) is 88.3 Å². The van der Waals surface area contributed by atoms with Crippen molar-refractivity contribution in [2.24, 2.45) is 17.3 Å². The summed E-state index contributed by atoms with van der Waals surface area (Å²) in [6.07, 6.45) is 9.31. The van der Waals surface area contributed by atoms with E-state index in [1.807, 2.05) is 9.80 Å². The molecule has 0 aromatic heterocycles. The summed E-state index contributed by atoms with van der Waals surface area (Å²) in [5, 5.41) is 6.72. The van der Waals surface area contributed by atoms with Crippen LogP contribution in [0.15, 0.2) is 24.3 Å². The molecule has 2 N–H and O–H groups in total. The van der Waals surface area contributed by atoms with E-state index in [0.29, 0.717) is 29.7 Å². The van der Waals surface area contributed by atoms with E-state index in [9.17, 15) is 9.59 Å². The summed E-state index contributed by atoms with van der Waals surface area (Å²) < 4.78 is 0. The fourth-order valence-corrected chi connectivity index (χ4v) is 6.10. The van der Waals surface area contributed by atoms with E-state index in [1.165, 1.54) is 24.2 Å². The van der Waals surface area contributed by atoms with Gasteiger partial charge in [0.2, 0.25) is 5.91 Å². The third-order valence-electron chi connectivity index (χ3n) is 8.76. The van der Waals surface area contributed by atoms with Gasteiger partial charge in [-0.25, -0.2) is 4.79 Å². The second-order valence-corrected chi connectivity index (χ2v) is 14.7. The van der Waals surface area contributed by atoms with E-state index in [1.54, 1.807) is 0 Å². The summed E-state index contributed by atoms with van der Waals surface area (Å²) in [4.78, 5) is 33.4. The Balaban J connectivity index is 1.62. The lowest BCUT2D eigenvalue weighted by Gasteiger charge is -2.41. The van der Waals surface area contributed by atoms with Crippen LogP contribution in [0.2, 0.25) is 0 Å². The number of carbonyl (C=O) groups is 2. The smallest absolute Gasteiger partial charge is 0.318 e. The van der Waals surface area contributed by atoms with Gasteiger partial charge in [-0.2, -0.15) is 0 Å². The monoisotopic (exact) mass is 583 g/mol. The van der Waals surface area contributed by atoms with Gasteiger partial charge in [-0.1, -0.05) is 61.3 Å². The van der Waals surface area contributed by atoms with Crippen molar-refractivity contribution in [3.8, 4) is 0 Å². The van der Waals surface area contributed by atoms with Crippen molar-refractivity contribution >= 4 is 23.3 Å². The van der Waals surface area contributed by atoms with Crippen LogP contribution < -0.4 is 15.5 Å². The van der Waals surface area contributed by atoms with Gasteiger partial charge in [0.05, 0.1) is 0 Å². The molecular weight excluding hydrogens is 522 g/mol. The van der Waals surface area contributed by atoms with E-state index in [4.69, 9.17) is 0 Å². The molecular formula is C35H61N5O2. The maximum atomic E-state index is 13.7. The zero-order valence-electron chi connectivity index (χ0n) is 27.9. The lowest BCUT2D eigenvalue weighted by molar-refractivity contribution is -0.134. The van der Waals surface area contributed by atoms with Crippen molar-refractivity contribution in [3.05, 3.63) is 24.3 Å². The van der Waals surface area contributed by atoms with Crippen molar-refractivity contribution < 1.29 is 9.59 Å². The summed E-state index contributed by atoms with van der Waals surface area (Å²) in [6.45, 7) is 20.7. The van der Waals surface area contributed by atoms with Crippen LogP contribution >= 0.6 is 0 Å². The number of urea groups is 1. The number of likely N-dealkylation sites (tertiary alicyclic amines) is 2. The van der Waals surface area contributed by atoms with Crippen molar-refractivity contribution in [2.45, 2.75) is 118 Å². The Labute approximate surface area is 257 Å². The van der Waals surface area contributed by atoms with Crippen LogP contribution in [-0.4, -0.2) is 73.1 Å². The van der Waals surface area contributed by atoms with Crippen LogP contribution in [-0.2, 0) is 4.79 Å². The van der Waals surface area contributed by atoms with E-state index in [0.717, 1.165) is 77.8 Å². The molecule has 0 spiro atoms. The molecule has 7 heteroatoms. The number of rotatable bonds is 12. The van der Waals surface area contributed by atoms with Gasteiger partial charge in [-0.15, -0.1) is 0 Å². The molecule has 7 nitrogen and oxygen atoms in total. The molecule has 1 unspecified atom stereocenters. The second-order valence-electron chi connectivity index (χ2n) is 14.7. The number of piperidine rings is 1. The van der Waals surface area contributed by atoms with Crippen LogP contribution in [0.3, 0.4) is 0 Å². The fraction of sp³-hybridized carbons (Fsp3) is 0.771. The van der Waals surface area contributed by atoms with Crippen molar-refractivity contribution in [1.82, 2.24) is 15.1 Å². The number of anilines is 2. The molecule has 2 aliphatic rings. The molecule has 2 aliphatic heterocycles. The number of carbonyl (C=O) groups excluding carboxylic acids is 2. The van der Waals surface area contributed by atoms with Gasteiger partial charge in [0.1, 0.15) is 6.04 Å². The highest BCUT2D eigenvalue weighted by Gasteiger charge is 2.32. The normalized spacial score (nSPS) is 17.7. The molecule has 2 saturated heterocycles. The van der Waals surface area contributed by atoms with Crippen molar-refractivity contribution in [3.63, 3.8) is 0 Å². The van der Waals surface area contributed by atoms with Gasteiger partial charge in [-0.3, -0.25) is 4.79 Å². The molecule has 1 atom stereocenters. The Morgan fingerprint density at radius 2 is 1.50 bits per heavy atom. The molecule has 0 aliphatic carbocycles. The van der Waals surface area contributed by atoms with Crippen LogP contribution in [0.1, 0.15) is 106 Å². The summed E-state index contributed by atoms with van der Waals surface area (Å²) in [6, 6.07) is 8.82. The molecule has 2 heterocycles. The first-order chi connectivity index (χ1) is 19.9. The molecule has 238 valence electrons. The van der Waals surface area contributed by atoms with Gasteiger partial charge in [-0.05, 0) is 86.5 Å². The average molecular weight is 584 g/mol. The lowest BCUT2D eigenvalue weighted by Crippen LogP contribution is -2.55. The van der Waals surface area contributed by atoms with E-state index in [-0.39, 0.29) is 11.9 Å². The molecule has 2 fully saturated rings. The van der Waals surface area contributed by atoms with Crippen LogP contribution in [0.4, 0.5) is 16.2 Å².